The number of anilines is 1. The molecule has 1 aromatic rings. The molecule has 1 heterocycles. The summed E-state index contributed by atoms with van der Waals surface area (Å²) in [4.78, 5) is 25.1. The van der Waals surface area contributed by atoms with Crippen LogP contribution in [-0.4, -0.2) is 24.4 Å². The summed E-state index contributed by atoms with van der Waals surface area (Å²) in [6.07, 6.45) is 8.87. The van der Waals surface area contributed by atoms with E-state index in [0.717, 1.165) is 44.1 Å². The Kier molecular flexibility index (Phi) is 4.78. The van der Waals surface area contributed by atoms with Crippen LogP contribution in [-0.2, 0) is 17.6 Å². The third kappa shape index (κ3) is 3.33. The molecule has 1 aromatic heterocycles. The van der Waals surface area contributed by atoms with Crippen LogP contribution < -0.4 is 16.4 Å². The van der Waals surface area contributed by atoms with Gasteiger partial charge in [0.25, 0.3) is 5.91 Å². The third-order valence-corrected chi connectivity index (χ3v) is 5.78. The van der Waals surface area contributed by atoms with Crippen molar-refractivity contribution in [3.05, 3.63) is 16.0 Å². The zero-order valence-corrected chi connectivity index (χ0v) is 13.6. The van der Waals surface area contributed by atoms with Gasteiger partial charge in [-0.2, -0.15) is 0 Å². The number of primary amides is 1. The summed E-state index contributed by atoms with van der Waals surface area (Å²) in [7, 11) is 0. The fourth-order valence-corrected chi connectivity index (χ4v) is 4.76. The predicted molar refractivity (Wildman–Crippen MR) is 88.4 cm³/mol. The van der Waals surface area contributed by atoms with E-state index in [1.807, 2.05) is 0 Å². The van der Waals surface area contributed by atoms with E-state index in [1.165, 1.54) is 29.1 Å². The molecule has 6 heteroatoms. The molecule has 2 aliphatic rings. The van der Waals surface area contributed by atoms with Gasteiger partial charge < -0.3 is 16.4 Å². The van der Waals surface area contributed by atoms with Gasteiger partial charge in [0, 0.05) is 10.9 Å². The number of aryl methyl sites for hydroxylation is 1. The maximum Gasteiger partial charge on any atom is 0.251 e. The first-order valence-corrected chi connectivity index (χ1v) is 8.94. The highest BCUT2D eigenvalue weighted by Crippen LogP contribution is 2.37. The molecule has 0 atom stereocenters. The molecule has 3 rings (SSSR count). The van der Waals surface area contributed by atoms with Crippen LogP contribution >= 0.6 is 11.3 Å². The lowest BCUT2D eigenvalue weighted by molar-refractivity contribution is -0.115. The van der Waals surface area contributed by atoms with Gasteiger partial charge in [0.2, 0.25) is 5.91 Å². The minimum atomic E-state index is -0.432. The standard InChI is InChI=1S/C16H23N3O2S/c17-15(21)14-11-7-3-4-8-12(11)22-16(14)19-13(20)9-18-10-5-1-2-6-10/h10,18H,1-9H2,(H2,17,21)(H,19,20). The quantitative estimate of drug-likeness (QED) is 0.777. The van der Waals surface area contributed by atoms with E-state index in [9.17, 15) is 9.59 Å². The number of nitrogens with one attached hydrogen (secondary N) is 2. The maximum absolute atomic E-state index is 12.1. The van der Waals surface area contributed by atoms with Crippen LogP contribution in [0.2, 0.25) is 0 Å². The number of nitrogens with two attached hydrogens (primary N) is 1. The van der Waals surface area contributed by atoms with Gasteiger partial charge in [0.1, 0.15) is 5.00 Å². The third-order valence-electron chi connectivity index (χ3n) is 4.58. The average Bonchev–Trinajstić information content (AvgIpc) is 3.11. The van der Waals surface area contributed by atoms with E-state index in [0.29, 0.717) is 23.2 Å². The fourth-order valence-electron chi connectivity index (χ4n) is 3.45. The van der Waals surface area contributed by atoms with Gasteiger partial charge in [-0.3, -0.25) is 9.59 Å². The summed E-state index contributed by atoms with van der Waals surface area (Å²) >= 11 is 1.52. The Labute approximate surface area is 134 Å². The van der Waals surface area contributed by atoms with Crippen molar-refractivity contribution in [3.8, 4) is 0 Å². The van der Waals surface area contributed by atoms with Crippen LogP contribution in [0.4, 0.5) is 5.00 Å². The molecule has 0 unspecified atom stereocenters. The summed E-state index contributed by atoms with van der Waals surface area (Å²) in [5, 5.41) is 6.81. The van der Waals surface area contributed by atoms with Crippen molar-refractivity contribution in [2.75, 3.05) is 11.9 Å². The molecule has 0 radical (unpaired) electrons. The van der Waals surface area contributed by atoms with E-state index in [2.05, 4.69) is 10.6 Å². The van der Waals surface area contributed by atoms with Gasteiger partial charge >= 0.3 is 0 Å². The van der Waals surface area contributed by atoms with E-state index < -0.39 is 5.91 Å². The predicted octanol–water partition coefficient (Wildman–Crippen LogP) is 2.20. The van der Waals surface area contributed by atoms with Gasteiger partial charge in [0.05, 0.1) is 12.1 Å². The van der Waals surface area contributed by atoms with Crippen molar-refractivity contribution in [3.63, 3.8) is 0 Å². The Morgan fingerprint density at radius 3 is 2.59 bits per heavy atom. The first-order valence-electron chi connectivity index (χ1n) is 8.12. The molecule has 2 aliphatic carbocycles. The van der Waals surface area contributed by atoms with Crippen molar-refractivity contribution in [2.24, 2.45) is 5.73 Å². The number of carbonyl (C=O) groups is 2. The van der Waals surface area contributed by atoms with Crippen molar-refractivity contribution in [1.29, 1.82) is 0 Å². The summed E-state index contributed by atoms with van der Waals surface area (Å²) in [5.74, 6) is -0.522. The SMILES string of the molecule is NC(=O)c1c(NC(=O)CNC2CCCC2)sc2c1CCCC2. The molecule has 1 fully saturated rings. The normalized spacial score (nSPS) is 18.2. The van der Waals surface area contributed by atoms with Crippen molar-refractivity contribution < 1.29 is 9.59 Å². The number of hydrogen-bond acceptors (Lipinski definition) is 4. The number of amides is 2. The highest BCUT2D eigenvalue weighted by molar-refractivity contribution is 7.17. The van der Waals surface area contributed by atoms with Crippen LogP contribution in [0.25, 0.3) is 0 Å². The zero-order chi connectivity index (χ0) is 15.5. The second kappa shape index (κ2) is 6.79. The number of fused-ring (bicyclic) bond motifs is 1. The Hall–Kier alpha value is -1.40. The first kappa shape index (κ1) is 15.5. The molecule has 0 saturated heterocycles. The lowest BCUT2D eigenvalue weighted by Crippen LogP contribution is -2.34. The largest absolute Gasteiger partial charge is 0.365 e. The Morgan fingerprint density at radius 2 is 1.86 bits per heavy atom. The minimum Gasteiger partial charge on any atom is -0.365 e. The molecule has 120 valence electrons. The molecule has 22 heavy (non-hydrogen) atoms. The number of carbonyl (C=O) groups excluding carboxylic acids is 2. The summed E-state index contributed by atoms with van der Waals surface area (Å²) < 4.78 is 0. The van der Waals surface area contributed by atoms with Crippen molar-refractivity contribution >= 4 is 28.2 Å². The summed E-state index contributed by atoms with van der Waals surface area (Å²) in [6, 6.07) is 0.456. The van der Waals surface area contributed by atoms with Gasteiger partial charge in [0.15, 0.2) is 0 Å². The van der Waals surface area contributed by atoms with E-state index in [4.69, 9.17) is 5.73 Å². The van der Waals surface area contributed by atoms with E-state index in [-0.39, 0.29) is 5.91 Å². The molecule has 0 aromatic carbocycles. The van der Waals surface area contributed by atoms with Crippen LogP contribution in [0.1, 0.15) is 59.3 Å². The molecular weight excluding hydrogens is 298 g/mol. The second-order valence-corrected chi connectivity index (χ2v) is 7.29. The fraction of sp³-hybridized carbons (Fsp3) is 0.625. The van der Waals surface area contributed by atoms with Gasteiger partial charge in [-0.1, -0.05) is 12.8 Å². The molecule has 0 aliphatic heterocycles. The lowest BCUT2D eigenvalue weighted by Gasteiger charge is -2.12. The number of hydrogen-bond donors (Lipinski definition) is 3. The minimum absolute atomic E-state index is 0.0898. The van der Waals surface area contributed by atoms with Crippen LogP contribution in [0.5, 0.6) is 0 Å². The highest BCUT2D eigenvalue weighted by Gasteiger charge is 2.25. The van der Waals surface area contributed by atoms with Crippen molar-refractivity contribution in [1.82, 2.24) is 5.32 Å². The number of rotatable bonds is 5. The molecule has 2 amide bonds. The Bertz CT molecular complexity index is 576. The Balaban J connectivity index is 1.67. The molecule has 0 bridgehead atoms. The molecule has 0 spiro atoms. The Morgan fingerprint density at radius 1 is 1.14 bits per heavy atom. The van der Waals surface area contributed by atoms with E-state index >= 15 is 0 Å². The summed E-state index contributed by atoms with van der Waals surface area (Å²) in [6.45, 7) is 0.297. The second-order valence-electron chi connectivity index (χ2n) is 6.19. The van der Waals surface area contributed by atoms with Gasteiger partial charge in [-0.25, -0.2) is 0 Å². The molecular formula is C16H23N3O2S. The number of thiophene rings is 1. The topological polar surface area (TPSA) is 84.2 Å². The molecule has 4 N–H and O–H groups in total. The van der Waals surface area contributed by atoms with Gasteiger partial charge in [-0.05, 0) is 44.1 Å². The smallest absolute Gasteiger partial charge is 0.251 e. The molecule has 5 nitrogen and oxygen atoms in total. The zero-order valence-electron chi connectivity index (χ0n) is 12.7. The van der Waals surface area contributed by atoms with Crippen LogP contribution in [0.15, 0.2) is 0 Å². The van der Waals surface area contributed by atoms with Crippen LogP contribution in [0.3, 0.4) is 0 Å². The summed E-state index contributed by atoms with van der Waals surface area (Å²) in [5.41, 5.74) is 7.13. The monoisotopic (exact) mass is 321 g/mol. The van der Waals surface area contributed by atoms with E-state index in [1.54, 1.807) is 0 Å². The maximum atomic E-state index is 12.1. The van der Waals surface area contributed by atoms with Gasteiger partial charge in [-0.15, -0.1) is 11.3 Å². The van der Waals surface area contributed by atoms with Crippen LogP contribution in [0, 0.1) is 0 Å². The highest BCUT2D eigenvalue weighted by atomic mass is 32.1. The lowest BCUT2D eigenvalue weighted by atomic mass is 9.95. The first-order chi connectivity index (χ1) is 10.6. The molecule has 1 saturated carbocycles. The average molecular weight is 321 g/mol. The van der Waals surface area contributed by atoms with Crippen molar-refractivity contribution in [2.45, 2.75) is 57.4 Å².